The Hall–Kier alpha value is -0.900. The van der Waals surface area contributed by atoms with Crippen molar-refractivity contribution in [3.63, 3.8) is 0 Å². The maximum atomic E-state index is 9.00. The molecule has 0 aliphatic heterocycles. The average molecular weight is 177 g/mol. The highest BCUT2D eigenvalue weighted by Gasteiger charge is 1.65. The zero-order valence-corrected chi connectivity index (χ0v) is 8.26. The molecule has 12 heavy (non-hydrogen) atoms. The van der Waals surface area contributed by atoms with Gasteiger partial charge in [-0.3, -0.25) is 4.79 Å². The molecule has 0 unspecified atom stereocenters. The van der Waals surface area contributed by atoms with E-state index in [1.54, 1.807) is 0 Å². The predicted octanol–water partition coefficient (Wildman–Crippen LogP) is 0.912. The van der Waals surface area contributed by atoms with Gasteiger partial charge < -0.3 is 15.2 Å². The molecule has 0 atom stereocenters. The fourth-order valence-electron chi connectivity index (χ4n) is 0.250. The fraction of sp³-hybridized carbons (Fsp3) is 0.750. The fourth-order valence-corrected chi connectivity index (χ4v) is 0.250. The lowest BCUT2D eigenvalue weighted by atomic mass is 10.7. The molecule has 0 heterocycles. The highest BCUT2D eigenvalue weighted by Crippen LogP contribution is 1.47. The van der Waals surface area contributed by atoms with Crippen molar-refractivity contribution < 1.29 is 14.7 Å². The van der Waals surface area contributed by atoms with E-state index in [-0.39, 0.29) is 0 Å². The van der Waals surface area contributed by atoms with Crippen molar-refractivity contribution in [3.05, 3.63) is 0 Å². The van der Waals surface area contributed by atoms with Crippen LogP contribution in [0.15, 0.2) is 0 Å². The number of hydrogen-bond donors (Lipinski definition) is 2. The average Bonchev–Trinajstić information content (AvgIpc) is 1.89. The molecule has 4 nitrogen and oxygen atoms in total. The molecule has 0 aliphatic rings. The maximum absolute atomic E-state index is 9.00. The minimum Gasteiger partial charge on any atom is -0.481 e. The van der Waals surface area contributed by atoms with E-state index in [1.165, 1.54) is 6.92 Å². The Balaban J connectivity index is -0.000000105. The van der Waals surface area contributed by atoms with Gasteiger partial charge in [-0.15, -0.1) is 0 Å². The summed E-state index contributed by atoms with van der Waals surface area (Å²) in [6.45, 7) is 8.92. The number of carbonyl (C=O) groups is 2. The topological polar surface area (TPSA) is 66.4 Å². The number of hydrogen-bond acceptors (Lipinski definition) is 3. The van der Waals surface area contributed by atoms with Gasteiger partial charge in [0, 0.05) is 6.92 Å². The Morgan fingerprint density at radius 1 is 1.42 bits per heavy atom. The Morgan fingerprint density at radius 2 is 1.58 bits per heavy atom. The summed E-state index contributed by atoms with van der Waals surface area (Å²) in [7, 11) is 0. The van der Waals surface area contributed by atoms with Crippen LogP contribution in [0, 0.1) is 0 Å². The number of aldehydes is 1. The number of nitrogens with one attached hydrogen (secondary N) is 1. The molecule has 2 N–H and O–H groups in total. The molecule has 0 aromatic carbocycles. The first kappa shape index (κ1) is 17.3. The summed E-state index contributed by atoms with van der Waals surface area (Å²) in [5, 5.41) is 10.5. The third kappa shape index (κ3) is 493. The van der Waals surface area contributed by atoms with Crippen LogP contribution in [0.3, 0.4) is 0 Å². The van der Waals surface area contributed by atoms with Crippen molar-refractivity contribution in [2.24, 2.45) is 0 Å². The molecule has 74 valence electrons. The first-order chi connectivity index (χ1) is 5.56. The quantitative estimate of drug-likeness (QED) is 0.615. The van der Waals surface area contributed by atoms with Crippen LogP contribution >= 0.6 is 0 Å². The second-order valence-corrected chi connectivity index (χ2v) is 1.71. The van der Waals surface area contributed by atoms with Crippen LogP contribution in [0.2, 0.25) is 0 Å². The van der Waals surface area contributed by atoms with Gasteiger partial charge in [0.15, 0.2) is 0 Å². The van der Waals surface area contributed by atoms with Gasteiger partial charge in [0.2, 0.25) is 0 Å². The molecular weight excluding hydrogens is 158 g/mol. The number of carboxylic acid groups (broad SMARTS) is 1. The molecule has 0 aliphatic carbocycles. The van der Waals surface area contributed by atoms with Crippen molar-refractivity contribution in [1.82, 2.24) is 5.32 Å². The van der Waals surface area contributed by atoms with Crippen LogP contribution in [0.5, 0.6) is 0 Å². The normalized spacial score (nSPS) is 6.67. The van der Waals surface area contributed by atoms with Crippen molar-refractivity contribution >= 4 is 12.3 Å². The maximum Gasteiger partial charge on any atom is 0.300 e. The summed E-state index contributed by atoms with van der Waals surface area (Å²) in [6.07, 6.45) is 0.750. The summed E-state index contributed by atoms with van der Waals surface area (Å²) in [5.41, 5.74) is 0. The van der Waals surface area contributed by atoms with Gasteiger partial charge in [-0.25, -0.2) is 0 Å². The molecule has 0 fully saturated rings. The van der Waals surface area contributed by atoms with Gasteiger partial charge in [-0.1, -0.05) is 13.8 Å². The van der Waals surface area contributed by atoms with E-state index in [4.69, 9.17) is 14.7 Å². The van der Waals surface area contributed by atoms with Crippen LogP contribution in [0.25, 0.3) is 0 Å². The molecule has 0 saturated carbocycles. The molecule has 0 radical (unpaired) electrons. The smallest absolute Gasteiger partial charge is 0.300 e. The minimum absolute atomic E-state index is 0.750. The number of carboxylic acids is 1. The lowest BCUT2D eigenvalue weighted by Crippen LogP contribution is -2.09. The van der Waals surface area contributed by atoms with Gasteiger partial charge in [-0.05, 0) is 20.0 Å². The molecule has 0 spiro atoms. The Labute approximate surface area is 74.0 Å². The van der Waals surface area contributed by atoms with Crippen molar-refractivity contribution in [3.8, 4) is 0 Å². The van der Waals surface area contributed by atoms with E-state index in [1.807, 2.05) is 0 Å². The monoisotopic (exact) mass is 177 g/mol. The lowest BCUT2D eigenvalue weighted by Gasteiger charge is -1.86. The Bertz CT molecular complexity index is 88.3. The minimum atomic E-state index is -0.833. The van der Waals surface area contributed by atoms with E-state index in [0.717, 1.165) is 26.3 Å². The van der Waals surface area contributed by atoms with Gasteiger partial charge >= 0.3 is 0 Å². The van der Waals surface area contributed by atoms with Gasteiger partial charge in [0.05, 0.1) is 0 Å². The van der Waals surface area contributed by atoms with Crippen LogP contribution in [0.4, 0.5) is 0 Å². The second-order valence-electron chi connectivity index (χ2n) is 1.71. The first-order valence-electron chi connectivity index (χ1n) is 3.86. The zero-order valence-electron chi connectivity index (χ0n) is 8.26. The van der Waals surface area contributed by atoms with Crippen molar-refractivity contribution in [2.45, 2.75) is 27.7 Å². The number of carbonyl (C=O) groups excluding carboxylic acids is 1. The third-order valence-corrected chi connectivity index (χ3v) is 0.500. The van der Waals surface area contributed by atoms with E-state index < -0.39 is 5.97 Å². The zero-order chi connectivity index (χ0) is 10.4. The van der Waals surface area contributed by atoms with Gasteiger partial charge in [0.25, 0.3) is 5.97 Å². The summed E-state index contributed by atoms with van der Waals surface area (Å²) in [5.74, 6) is -0.833. The van der Waals surface area contributed by atoms with Crippen LogP contribution in [0.1, 0.15) is 27.7 Å². The van der Waals surface area contributed by atoms with Gasteiger partial charge in [0.1, 0.15) is 6.29 Å². The van der Waals surface area contributed by atoms with E-state index >= 15 is 0 Å². The highest BCUT2D eigenvalue weighted by atomic mass is 16.4. The molecule has 0 saturated heterocycles. The van der Waals surface area contributed by atoms with Gasteiger partial charge in [-0.2, -0.15) is 0 Å². The molecule has 0 rings (SSSR count). The molecule has 0 amide bonds. The molecule has 4 heteroatoms. The SMILES string of the molecule is CC(=O)O.CC=O.CCNCC. The second kappa shape index (κ2) is 22.5. The summed E-state index contributed by atoms with van der Waals surface area (Å²) in [4.78, 5) is 17.8. The molecule has 0 bridgehead atoms. The third-order valence-electron chi connectivity index (χ3n) is 0.500. The summed E-state index contributed by atoms with van der Waals surface area (Å²) < 4.78 is 0. The Kier molecular flexibility index (Phi) is 32.3. The van der Waals surface area contributed by atoms with Crippen LogP contribution < -0.4 is 5.32 Å². The predicted molar refractivity (Wildman–Crippen MR) is 49.3 cm³/mol. The summed E-state index contributed by atoms with van der Waals surface area (Å²) in [6, 6.07) is 0. The van der Waals surface area contributed by atoms with E-state index in [0.29, 0.717) is 0 Å². The van der Waals surface area contributed by atoms with E-state index in [2.05, 4.69) is 19.2 Å². The standard InChI is InChI=1S/C4H11N.C2H4O2.C2H4O/c1-3-5-4-2;1-2(3)4;1-2-3/h5H,3-4H2,1-2H3;1H3,(H,3,4);2H,1H3. The number of rotatable bonds is 2. The molecule has 0 aromatic rings. The van der Waals surface area contributed by atoms with Crippen molar-refractivity contribution in [2.75, 3.05) is 13.1 Å². The van der Waals surface area contributed by atoms with Crippen molar-refractivity contribution in [1.29, 1.82) is 0 Å². The number of aliphatic carboxylic acids is 1. The van der Waals surface area contributed by atoms with E-state index in [9.17, 15) is 0 Å². The molecular formula is C8H19NO3. The Morgan fingerprint density at radius 3 is 1.58 bits per heavy atom. The lowest BCUT2D eigenvalue weighted by molar-refractivity contribution is -0.134. The summed E-state index contributed by atoms with van der Waals surface area (Å²) >= 11 is 0. The van der Waals surface area contributed by atoms with Crippen LogP contribution in [-0.4, -0.2) is 30.5 Å². The largest absolute Gasteiger partial charge is 0.481 e. The highest BCUT2D eigenvalue weighted by molar-refractivity contribution is 5.62. The first-order valence-corrected chi connectivity index (χ1v) is 3.86. The molecule has 0 aromatic heterocycles. The van der Waals surface area contributed by atoms with Crippen LogP contribution in [-0.2, 0) is 9.59 Å².